The Bertz CT molecular complexity index is 290. The van der Waals surface area contributed by atoms with Crippen molar-refractivity contribution in [1.82, 2.24) is 4.98 Å². The molecule has 2 N–H and O–H groups in total. The second-order valence-corrected chi connectivity index (χ2v) is 3.41. The van der Waals surface area contributed by atoms with Crippen LogP contribution in [-0.4, -0.2) is 18.2 Å². The smallest absolute Gasteiger partial charge is 0.292 e. The summed E-state index contributed by atoms with van der Waals surface area (Å²) in [5.74, 6) is 1.20. The van der Waals surface area contributed by atoms with Gasteiger partial charge in [-0.05, 0) is 19.8 Å². The Morgan fingerprint density at radius 1 is 1.54 bits per heavy atom. The fraction of sp³-hybridized carbons (Fsp3) is 0.667. The first-order valence-electron chi connectivity index (χ1n) is 4.58. The van der Waals surface area contributed by atoms with E-state index < -0.39 is 0 Å². The van der Waals surface area contributed by atoms with E-state index in [0.717, 1.165) is 37.5 Å². The number of hydrogen-bond donors (Lipinski definition) is 1. The minimum absolute atomic E-state index is 0.262. The van der Waals surface area contributed by atoms with E-state index in [4.69, 9.17) is 14.9 Å². The van der Waals surface area contributed by atoms with Gasteiger partial charge in [-0.1, -0.05) is 0 Å². The van der Waals surface area contributed by atoms with Gasteiger partial charge in [0.1, 0.15) is 5.76 Å². The normalized spacial score (nSPS) is 23.3. The van der Waals surface area contributed by atoms with Crippen molar-refractivity contribution in [3.63, 3.8) is 0 Å². The molecule has 0 radical (unpaired) electrons. The number of aryl methyl sites for hydroxylation is 1. The summed E-state index contributed by atoms with van der Waals surface area (Å²) in [6.07, 6.45) is 2.21. The maximum absolute atomic E-state index is 5.47. The highest BCUT2D eigenvalue weighted by atomic mass is 16.5. The molecule has 4 heteroatoms. The fourth-order valence-electron chi connectivity index (χ4n) is 1.76. The summed E-state index contributed by atoms with van der Waals surface area (Å²) in [4.78, 5) is 4.16. The van der Waals surface area contributed by atoms with Gasteiger partial charge in [0.15, 0.2) is 0 Å². The van der Waals surface area contributed by atoms with E-state index in [1.807, 2.05) is 6.92 Å². The number of nitrogen functional groups attached to an aromatic ring is 1. The van der Waals surface area contributed by atoms with Gasteiger partial charge in [-0.3, -0.25) is 0 Å². The van der Waals surface area contributed by atoms with E-state index in [1.165, 1.54) is 0 Å². The number of rotatable bonds is 1. The first-order valence-corrected chi connectivity index (χ1v) is 4.58. The molecular weight excluding hydrogens is 168 g/mol. The van der Waals surface area contributed by atoms with E-state index in [1.54, 1.807) is 0 Å². The van der Waals surface area contributed by atoms with Crippen molar-refractivity contribution in [2.24, 2.45) is 0 Å². The van der Waals surface area contributed by atoms with Crippen LogP contribution in [-0.2, 0) is 4.74 Å². The van der Waals surface area contributed by atoms with E-state index in [-0.39, 0.29) is 6.01 Å². The highest BCUT2D eigenvalue weighted by molar-refractivity contribution is 5.22. The molecule has 0 saturated carbocycles. The van der Waals surface area contributed by atoms with Crippen LogP contribution in [0.3, 0.4) is 0 Å². The number of ether oxygens (including phenoxy) is 1. The molecule has 2 rings (SSSR count). The molecule has 0 bridgehead atoms. The zero-order chi connectivity index (χ0) is 9.26. The zero-order valence-corrected chi connectivity index (χ0v) is 7.75. The largest absolute Gasteiger partial charge is 0.429 e. The lowest BCUT2D eigenvalue weighted by atomic mass is 9.98. The number of anilines is 1. The molecular formula is C9H14N2O2. The lowest BCUT2D eigenvalue weighted by Crippen LogP contribution is -2.16. The van der Waals surface area contributed by atoms with E-state index >= 15 is 0 Å². The standard InChI is InChI=1S/C9H14N2O2/c1-6-8(11-9(10)13-6)7-3-2-4-12-5-7/h7H,2-5H2,1H3,(H2,10,11). The van der Waals surface area contributed by atoms with Gasteiger partial charge in [-0.2, -0.15) is 4.98 Å². The Morgan fingerprint density at radius 2 is 2.38 bits per heavy atom. The van der Waals surface area contributed by atoms with Crippen LogP contribution in [0.1, 0.15) is 30.2 Å². The topological polar surface area (TPSA) is 61.3 Å². The highest BCUT2D eigenvalue weighted by Crippen LogP contribution is 2.27. The molecule has 1 aromatic rings. The molecule has 13 heavy (non-hydrogen) atoms. The summed E-state index contributed by atoms with van der Waals surface area (Å²) in [7, 11) is 0. The predicted molar refractivity (Wildman–Crippen MR) is 48.4 cm³/mol. The Hall–Kier alpha value is -1.03. The summed E-state index contributed by atoms with van der Waals surface area (Å²) >= 11 is 0. The SMILES string of the molecule is Cc1oc(N)nc1C1CCCOC1. The molecule has 1 unspecified atom stereocenters. The van der Waals surface area contributed by atoms with Gasteiger partial charge in [0, 0.05) is 12.5 Å². The third-order valence-corrected chi connectivity index (χ3v) is 2.40. The van der Waals surface area contributed by atoms with E-state index in [9.17, 15) is 0 Å². The van der Waals surface area contributed by atoms with Gasteiger partial charge < -0.3 is 14.9 Å². The molecule has 1 aliphatic heterocycles. The lowest BCUT2D eigenvalue weighted by molar-refractivity contribution is 0.0790. The number of nitrogens with zero attached hydrogens (tertiary/aromatic N) is 1. The van der Waals surface area contributed by atoms with Gasteiger partial charge in [0.2, 0.25) is 0 Å². The van der Waals surface area contributed by atoms with Gasteiger partial charge in [-0.25, -0.2) is 0 Å². The summed E-state index contributed by atoms with van der Waals surface area (Å²) in [5, 5.41) is 0. The molecule has 0 aliphatic carbocycles. The molecule has 1 aromatic heterocycles. The summed E-state index contributed by atoms with van der Waals surface area (Å²) < 4.78 is 10.6. The second-order valence-electron chi connectivity index (χ2n) is 3.41. The van der Waals surface area contributed by atoms with E-state index in [0.29, 0.717) is 5.92 Å². The van der Waals surface area contributed by atoms with Crippen molar-refractivity contribution in [1.29, 1.82) is 0 Å². The average molecular weight is 182 g/mol. The number of nitrogens with two attached hydrogens (primary N) is 1. The van der Waals surface area contributed by atoms with Crippen molar-refractivity contribution in [3.8, 4) is 0 Å². The third kappa shape index (κ3) is 1.67. The predicted octanol–water partition coefficient (Wildman–Crippen LogP) is 1.46. The van der Waals surface area contributed by atoms with E-state index in [2.05, 4.69) is 4.98 Å². The van der Waals surface area contributed by atoms with Crippen molar-refractivity contribution in [2.45, 2.75) is 25.7 Å². The molecule has 0 amide bonds. The first-order chi connectivity index (χ1) is 6.27. The Balaban J connectivity index is 2.18. The van der Waals surface area contributed by atoms with Crippen molar-refractivity contribution in [3.05, 3.63) is 11.5 Å². The van der Waals surface area contributed by atoms with Crippen LogP contribution in [0.4, 0.5) is 6.01 Å². The first kappa shape index (κ1) is 8.56. The Kier molecular flexibility index (Phi) is 2.22. The van der Waals surface area contributed by atoms with Crippen LogP contribution >= 0.6 is 0 Å². The maximum Gasteiger partial charge on any atom is 0.292 e. The van der Waals surface area contributed by atoms with Crippen molar-refractivity contribution >= 4 is 6.01 Å². The van der Waals surface area contributed by atoms with Crippen molar-refractivity contribution in [2.75, 3.05) is 18.9 Å². The Morgan fingerprint density at radius 3 is 2.92 bits per heavy atom. The minimum Gasteiger partial charge on any atom is -0.429 e. The van der Waals surface area contributed by atoms with Crippen LogP contribution in [0.2, 0.25) is 0 Å². The monoisotopic (exact) mass is 182 g/mol. The average Bonchev–Trinajstić information content (AvgIpc) is 2.47. The molecule has 0 spiro atoms. The van der Waals surface area contributed by atoms with Gasteiger partial charge >= 0.3 is 0 Å². The molecule has 1 aliphatic rings. The second kappa shape index (κ2) is 3.38. The lowest BCUT2D eigenvalue weighted by Gasteiger charge is -2.20. The molecule has 72 valence electrons. The summed E-state index contributed by atoms with van der Waals surface area (Å²) in [5.41, 5.74) is 6.44. The van der Waals surface area contributed by atoms with Gasteiger partial charge in [0.05, 0.1) is 12.3 Å². The third-order valence-electron chi connectivity index (χ3n) is 2.40. The fourth-order valence-corrected chi connectivity index (χ4v) is 1.76. The number of aromatic nitrogens is 1. The molecule has 2 heterocycles. The van der Waals surface area contributed by atoms with Crippen LogP contribution < -0.4 is 5.73 Å². The molecule has 1 atom stereocenters. The van der Waals surface area contributed by atoms with Crippen molar-refractivity contribution < 1.29 is 9.15 Å². The Labute approximate surface area is 77.1 Å². The van der Waals surface area contributed by atoms with Crippen LogP contribution in [0.5, 0.6) is 0 Å². The quantitative estimate of drug-likeness (QED) is 0.714. The van der Waals surface area contributed by atoms with Crippen LogP contribution in [0.15, 0.2) is 4.42 Å². The molecule has 0 aromatic carbocycles. The maximum atomic E-state index is 5.47. The van der Waals surface area contributed by atoms with Crippen LogP contribution in [0.25, 0.3) is 0 Å². The van der Waals surface area contributed by atoms with Crippen LogP contribution in [0, 0.1) is 6.92 Å². The molecule has 1 fully saturated rings. The molecule has 1 saturated heterocycles. The molecule has 4 nitrogen and oxygen atoms in total. The minimum atomic E-state index is 0.262. The zero-order valence-electron chi connectivity index (χ0n) is 7.75. The van der Waals surface area contributed by atoms with Gasteiger partial charge in [0.25, 0.3) is 6.01 Å². The highest BCUT2D eigenvalue weighted by Gasteiger charge is 2.21. The van der Waals surface area contributed by atoms with Gasteiger partial charge in [-0.15, -0.1) is 0 Å². The number of oxazole rings is 1. The summed E-state index contributed by atoms with van der Waals surface area (Å²) in [6.45, 7) is 3.50. The number of hydrogen-bond acceptors (Lipinski definition) is 4. The summed E-state index contributed by atoms with van der Waals surface area (Å²) in [6, 6.07) is 0.262.